The molecular formula is C15H16O3. The number of ether oxygens (including phenoxy) is 1. The van der Waals surface area contributed by atoms with Crippen molar-refractivity contribution in [2.45, 2.75) is 26.2 Å². The fourth-order valence-corrected chi connectivity index (χ4v) is 1.44. The van der Waals surface area contributed by atoms with Gasteiger partial charge in [0.25, 0.3) is 0 Å². The number of ketones is 2. The molecule has 0 bridgehead atoms. The molecule has 0 aliphatic heterocycles. The molecule has 3 heteroatoms. The Hall–Kier alpha value is -2.08. The average molecular weight is 244 g/mol. The maximum atomic E-state index is 11.8. The van der Waals surface area contributed by atoms with Crippen LogP contribution in [0, 0.1) is 12.3 Å². The number of hydrogen-bond donors (Lipinski definition) is 0. The summed E-state index contributed by atoms with van der Waals surface area (Å²) in [5.74, 6) is 3.08. The zero-order valence-electron chi connectivity index (χ0n) is 10.4. The third-order valence-corrected chi connectivity index (χ3v) is 2.52. The molecule has 0 heterocycles. The minimum absolute atomic E-state index is 0.0275. The van der Waals surface area contributed by atoms with E-state index in [1.165, 1.54) is 0 Å². The first kappa shape index (κ1) is 14.0. The highest BCUT2D eigenvalue weighted by Gasteiger charge is 2.08. The topological polar surface area (TPSA) is 43.4 Å². The molecule has 0 atom stereocenters. The van der Waals surface area contributed by atoms with E-state index in [0.29, 0.717) is 24.2 Å². The quantitative estimate of drug-likeness (QED) is 0.547. The van der Waals surface area contributed by atoms with E-state index in [9.17, 15) is 9.59 Å². The van der Waals surface area contributed by atoms with Crippen LogP contribution in [0.4, 0.5) is 0 Å². The highest BCUT2D eigenvalue weighted by Crippen LogP contribution is 2.14. The molecule has 0 aliphatic rings. The number of rotatable bonds is 7. The zero-order valence-corrected chi connectivity index (χ0v) is 10.4. The van der Waals surface area contributed by atoms with Crippen LogP contribution in [0.2, 0.25) is 0 Å². The van der Waals surface area contributed by atoms with Crippen molar-refractivity contribution in [2.75, 3.05) is 6.61 Å². The maximum absolute atomic E-state index is 11.8. The fourth-order valence-electron chi connectivity index (χ4n) is 1.44. The Morgan fingerprint density at radius 1 is 1.22 bits per heavy atom. The lowest BCUT2D eigenvalue weighted by Crippen LogP contribution is -2.04. The number of hydrogen-bond acceptors (Lipinski definition) is 3. The van der Waals surface area contributed by atoms with Crippen LogP contribution in [0.3, 0.4) is 0 Å². The van der Waals surface area contributed by atoms with Gasteiger partial charge in [0, 0.05) is 24.8 Å². The molecule has 0 N–H and O–H groups in total. The molecule has 0 amide bonds. The molecule has 0 saturated heterocycles. The second kappa shape index (κ2) is 7.29. The molecule has 0 saturated carbocycles. The summed E-state index contributed by atoms with van der Waals surface area (Å²) < 4.78 is 5.20. The highest BCUT2D eigenvalue weighted by atomic mass is 16.5. The maximum Gasteiger partial charge on any atom is 0.163 e. The molecule has 3 nitrogen and oxygen atoms in total. The predicted molar refractivity (Wildman–Crippen MR) is 69.6 cm³/mol. The summed E-state index contributed by atoms with van der Waals surface area (Å²) in [5, 5.41) is 0. The van der Waals surface area contributed by atoms with Crippen LogP contribution >= 0.6 is 0 Å². The van der Waals surface area contributed by atoms with E-state index in [0.717, 1.165) is 0 Å². The number of benzene rings is 1. The predicted octanol–water partition coefficient (Wildman–Crippen LogP) is 2.64. The summed E-state index contributed by atoms with van der Waals surface area (Å²) >= 11 is 0. The lowest BCUT2D eigenvalue weighted by atomic mass is 10.0. The molecule has 0 fully saturated rings. The van der Waals surface area contributed by atoms with Gasteiger partial charge in [-0.1, -0.05) is 12.8 Å². The molecule has 0 aromatic heterocycles. The smallest absolute Gasteiger partial charge is 0.163 e. The second-order valence-electron chi connectivity index (χ2n) is 3.83. The van der Waals surface area contributed by atoms with Gasteiger partial charge in [0.2, 0.25) is 0 Å². The van der Waals surface area contributed by atoms with E-state index in [-0.39, 0.29) is 24.6 Å². The minimum atomic E-state index is -0.0275. The first-order chi connectivity index (χ1) is 8.67. The van der Waals surface area contributed by atoms with Crippen LogP contribution in [0.15, 0.2) is 24.3 Å². The average Bonchev–Trinajstić information content (AvgIpc) is 2.42. The van der Waals surface area contributed by atoms with Gasteiger partial charge in [-0.3, -0.25) is 9.59 Å². The largest absolute Gasteiger partial charge is 0.481 e. The summed E-state index contributed by atoms with van der Waals surface area (Å²) in [6.07, 6.45) is 6.12. The lowest BCUT2D eigenvalue weighted by molar-refractivity contribution is -0.118. The van der Waals surface area contributed by atoms with Gasteiger partial charge in [0.05, 0.1) is 0 Å². The van der Waals surface area contributed by atoms with Gasteiger partial charge in [-0.2, -0.15) is 0 Å². The van der Waals surface area contributed by atoms with Crippen LogP contribution in [0.5, 0.6) is 5.75 Å². The third kappa shape index (κ3) is 4.42. The molecule has 1 rings (SSSR count). The van der Waals surface area contributed by atoms with Gasteiger partial charge in [0.1, 0.15) is 18.1 Å². The molecular weight excluding hydrogens is 228 g/mol. The van der Waals surface area contributed by atoms with Crippen molar-refractivity contribution < 1.29 is 14.3 Å². The highest BCUT2D eigenvalue weighted by molar-refractivity contribution is 5.98. The van der Waals surface area contributed by atoms with E-state index < -0.39 is 0 Å². The number of Topliss-reactive ketones (excluding diaryl/α,β-unsaturated/α-hetero) is 2. The molecule has 0 spiro atoms. The normalized spacial score (nSPS) is 9.56. The van der Waals surface area contributed by atoms with E-state index in [1.54, 1.807) is 31.2 Å². The van der Waals surface area contributed by atoms with E-state index >= 15 is 0 Å². The van der Waals surface area contributed by atoms with Crippen LogP contribution < -0.4 is 4.74 Å². The monoisotopic (exact) mass is 244 g/mol. The standard InChI is InChI=1S/C15H16O3/c1-3-11-18-14-8-5-12(6-9-14)15(17)10-7-13(16)4-2/h1,5-6,8-9H,4,7,10-11H2,2H3. The Bertz CT molecular complexity index is 452. The van der Waals surface area contributed by atoms with Crippen LogP contribution in [-0.2, 0) is 4.79 Å². The van der Waals surface area contributed by atoms with Crippen LogP contribution in [0.25, 0.3) is 0 Å². The van der Waals surface area contributed by atoms with Crippen molar-refractivity contribution in [3.63, 3.8) is 0 Å². The molecule has 18 heavy (non-hydrogen) atoms. The van der Waals surface area contributed by atoms with Crippen molar-refractivity contribution in [1.82, 2.24) is 0 Å². The van der Waals surface area contributed by atoms with Crippen LogP contribution in [0.1, 0.15) is 36.5 Å². The Morgan fingerprint density at radius 2 is 1.89 bits per heavy atom. The molecule has 94 valence electrons. The van der Waals surface area contributed by atoms with Gasteiger partial charge in [-0.15, -0.1) is 6.42 Å². The molecule has 1 aromatic rings. The molecule has 0 radical (unpaired) electrons. The third-order valence-electron chi connectivity index (χ3n) is 2.52. The number of terminal acetylenes is 1. The first-order valence-electron chi connectivity index (χ1n) is 5.88. The molecule has 0 unspecified atom stereocenters. The van der Waals surface area contributed by atoms with E-state index in [2.05, 4.69) is 5.92 Å². The summed E-state index contributed by atoms with van der Waals surface area (Å²) in [7, 11) is 0. The SMILES string of the molecule is C#CCOc1ccc(C(=O)CCC(=O)CC)cc1. The Morgan fingerprint density at radius 3 is 2.44 bits per heavy atom. The summed E-state index contributed by atoms with van der Waals surface area (Å²) in [6, 6.07) is 6.77. The zero-order chi connectivity index (χ0) is 13.4. The van der Waals surface area contributed by atoms with Crippen molar-refractivity contribution in [3.05, 3.63) is 29.8 Å². The van der Waals surface area contributed by atoms with Gasteiger partial charge in [0.15, 0.2) is 5.78 Å². The number of carbonyl (C=O) groups is 2. The Kier molecular flexibility index (Phi) is 5.66. The Balaban J connectivity index is 2.54. The fraction of sp³-hybridized carbons (Fsp3) is 0.333. The second-order valence-corrected chi connectivity index (χ2v) is 3.83. The Labute approximate surface area is 107 Å². The van der Waals surface area contributed by atoms with Gasteiger partial charge < -0.3 is 4.74 Å². The van der Waals surface area contributed by atoms with Crippen molar-refractivity contribution in [2.24, 2.45) is 0 Å². The first-order valence-corrected chi connectivity index (χ1v) is 5.88. The van der Waals surface area contributed by atoms with Crippen molar-refractivity contribution in [3.8, 4) is 18.1 Å². The van der Waals surface area contributed by atoms with Gasteiger partial charge >= 0.3 is 0 Å². The summed E-state index contributed by atoms with van der Waals surface area (Å²) in [4.78, 5) is 22.9. The van der Waals surface area contributed by atoms with Gasteiger partial charge in [-0.25, -0.2) is 0 Å². The van der Waals surface area contributed by atoms with Crippen molar-refractivity contribution >= 4 is 11.6 Å². The molecule has 0 aliphatic carbocycles. The van der Waals surface area contributed by atoms with E-state index in [4.69, 9.17) is 11.2 Å². The summed E-state index contributed by atoms with van der Waals surface area (Å²) in [5.41, 5.74) is 0.590. The van der Waals surface area contributed by atoms with Gasteiger partial charge in [-0.05, 0) is 24.3 Å². The molecule has 1 aromatic carbocycles. The van der Waals surface area contributed by atoms with E-state index in [1.807, 2.05) is 0 Å². The van der Waals surface area contributed by atoms with Crippen molar-refractivity contribution in [1.29, 1.82) is 0 Å². The number of carbonyl (C=O) groups excluding carboxylic acids is 2. The summed E-state index contributed by atoms with van der Waals surface area (Å²) in [6.45, 7) is 2.00. The lowest BCUT2D eigenvalue weighted by Gasteiger charge is -2.04. The minimum Gasteiger partial charge on any atom is -0.481 e. The van der Waals surface area contributed by atoms with Crippen LogP contribution in [-0.4, -0.2) is 18.2 Å².